The van der Waals surface area contributed by atoms with Crippen LogP contribution in [0.3, 0.4) is 0 Å². The highest BCUT2D eigenvalue weighted by atomic mass is 32.2. The van der Waals surface area contributed by atoms with Crippen LogP contribution in [0.1, 0.15) is 12.5 Å². The summed E-state index contributed by atoms with van der Waals surface area (Å²) < 4.78 is 5.33. The van der Waals surface area contributed by atoms with Gasteiger partial charge in [0.2, 0.25) is 11.8 Å². The van der Waals surface area contributed by atoms with E-state index >= 15 is 0 Å². The van der Waals surface area contributed by atoms with Crippen LogP contribution in [-0.2, 0) is 25.5 Å². The fourth-order valence-corrected chi connectivity index (χ4v) is 4.66. The fourth-order valence-electron chi connectivity index (χ4n) is 3.08. The molecule has 4 atom stereocenters. The maximum absolute atomic E-state index is 12.3. The molecule has 2 fully saturated rings. The second-order valence-electron chi connectivity index (χ2n) is 5.92. The highest BCUT2D eigenvalue weighted by Crippen LogP contribution is 2.51. The Morgan fingerprint density at radius 2 is 2.04 bits per heavy atom. The third-order valence-electron chi connectivity index (χ3n) is 4.37. The quantitative estimate of drug-likeness (QED) is 0.749. The maximum Gasteiger partial charge on any atom is 0.330 e. The van der Waals surface area contributed by atoms with Gasteiger partial charge in [-0.3, -0.25) is 9.59 Å². The van der Waals surface area contributed by atoms with Gasteiger partial charge in [-0.25, -0.2) is 4.79 Å². The molecule has 2 aliphatic rings. The molecule has 2 N–H and O–H groups in total. The van der Waals surface area contributed by atoms with Crippen molar-refractivity contribution in [1.29, 1.82) is 0 Å². The fraction of sp³-hybridized carbons (Fsp3) is 0.438. The Bertz CT molecular complexity index is 682. The lowest BCUT2D eigenvalue weighted by molar-refractivity contribution is -0.166. The van der Waals surface area contributed by atoms with Crippen molar-refractivity contribution in [1.82, 2.24) is 10.2 Å². The third-order valence-corrected chi connectivity index (χ3v) is 5.97. The first kappa shape index (κ1) is 16.8. The number of rotatable bonds is 5. The van der Waals surface area contributed by atoms with Gasteiger partial charge in [-0.1, -0.05) is 42.1 Å². The summed E-state index contributed by atoms with van der Waals surface area (Å²) in [5, 5.41) is 11.7. The molecule has 3 rings (SSSR count). The second kappa shape index (κ2) is 6.10. The Kier molecular flexibility index (Phi) is 4.27. The lowest BCUT2D eigenvalue weighted by atomic mass is 10.0. The zero-order valence-electron chi connectivity index (χ0n) is 13.3. The number of ether oxygens (including phenoxy) is 1. The maximum atomic E-state index is 12.3. The van der Waals surface area contributed by atoms with Gasteiger partial charge in [-0.15, -0.1) is 0 Å². The molecular formula is C16H18N2O5S. The van der Waals surface area contributed by atoms with E-state index in [-0.39, 0.29) is 18.2 Å². The minimum Gasteiger partial charge on any atom is -0.480 e. The molecule has 1 aromatic carbocycles. The number of carboxylic acid groups (broad SMARTS) is 1. The SMILES string of the molecule is CO[C@@]1(C)S[C@@H]2C(NC(=O)Cc3ccccc3)C(=O)N2C1C(=O)O. The van der Waals surface area contributed by atoms with E-state index in [2.05, 4.69) is 5.32 Å². The van der Waals surface area contributed by atoms with Gasteiger partial charge >= 0.3 is 5.97 Å². The topological polar surface area (TPSA) is 95.9 Å². The molecule has 2 saturated heterocycles. The number of nitrogens with zero attached hydrogens (tertiary/aromatic N) is 1. The van der Waals surface area contributed by atoms with Crippen molar-refractivity contribution in [3.63, 3.8) is 0 Å². The van der Waals surface area contributed by atoms with Gasteiger partial charge < -0.3 is 20.1 Å². The van der Waals surface area contributed by atoms with Crippen LogP contribution in [0, 0.1) is 0 Å². The highest BCUT2D eigenvalue weighted by molar-refractivity contribution is 8.01. The van der Waals surface area contributed by atoms with Crippen molar-refractivity contribution >= 4 is 29.5 Å². The zero-order chi connectivity index (χ0) is 17.5. The number of hydrogen-bond donors (Lipinski definition) is 2. The van der Waals surface area contributed by atoms with E-state index < -0.39 is 28.4 Å². The number of thioether (sulfide) groups is 1. The van der Waals surface area contributed by atoms with Crippen molar-refractivity contribution in [2.45, 2.75) is 35.7 Å². The summed E-state index contributed by atoms with van der Waals surface area (Å²) in [6, 6.07) is 7.43. The van der Waals surface area contributed by atoms with Crippen LogP contribution < -0.4 is 5.32 Å². The van der Waals surface area contributed by atoms with Gasteiger partial charge in [0.05, 0.1) is 6.42 Å². The number of β-lactam (4-membered cyclic amide) rings is 1. The molecule has 1 aromatic rings. The molecule has 7 nitrogen and oxygen atoms in total. The number of hydrogen-bond acceptors (Lipinski definition) is 5. The third kappa shape index (κ3) is 2.65. The number of carbonyl (C=O) groups is 3. The lowest BCUT2D eigenvalue weighted by Gasteiger charge is -2.43. The Morgan fingerprint density at radius 1 is 1.38 bits per heavy atom. The molecule has 0 aliphatic carbocycles. The molecule has 24 heavy (non-hydrogen) atoms. The first-order valence-electron chi connectivity index (χ1n) is 7.48. The Hall–Kier alpha value is -2.06. The molecule has 0 aromatic heterocycles. The standard InChI is InChI=1S/C16H18N2O5S/c1-16(23-2)12(15(21)22)18-13(20)11(14(18)24-16)17-10(19)8-9-6-4-3-5-7-9/h3-7,11-12,14H,8H2,1-2H3,(H,17,19)(H,21,22)/t11?,12?,14-,16+/m1/s1. The minimum absolute atomic E-state index is 0.173. The van der Waals surface area contributed by atoms with Crippen molar-refractivity contribution < 1.29 is 24.2 Å². The summed E-state index contributed by atoms with van der Waals surface area (Å²) >= 11 is 1.25. The molecule has 128 valence electrons. The summed E-state index contributed by atoms with van der Waals surface area (Å²) in [5.41, 5.74) is 0.850. The normalized spacial score (nSPS) is 31.3. The van der Waals surface area contributed by atoms with E-state index in [0.29, 0.717) is 0 Å². The monoisotopic (exact) mass is 350 g/mol. The number of aliphatic carboxylic acids is 1. The van der Waals surface area contributed by atoms with Crippen molar-refractivity contribution in [2.24, 2.45) is 0 Å². The summed E-state index contributed by atoms with van der Waals surface area (Å²) in [7, 11) is 1.42. The minimum atomic E-state index is -1.11. The molecule has 0 spiro atoms. The van der Waals surface area contributed by atoms with E-state index in [4.69, 9.17) is 4.74 Å². The average molecular weight is 350 g/mol. The predicted molar refractivity (Wildman–Crippen MR) is 87.1 cm³/mol. The molecule has 2 unspecified atom stereocenters. The van der Waals surface area contributed by atoms with Gasteiger partial charge in [-0.2, -0.15) is 0 Å². The van der Waals surface area contributed by atoms with Crippen LogP contribution in [0.15, 0.2) is 30.3 Å². The summed E-state index contributed by atoms with van der Waals surface area (Å²) in [6.45, 7) is 1.64. The Morgan fingerprint density at radius 3 is 2.62 bits per heavy atom. The molecular weight excluding hydrogens is 332 g/mol. The van der Waals surface area contributed by atoms with Crippen molar-refractivity contribution in [3.05, 3.63) is 35.9 Å². The summed E-state index contributed by atoms with van der Waals surface area (Å²) in [4.78, 5) is 36.2. The molecule has 2 heterocycles. The molecule has 0 radical (unpaired) electrons. The van der Waals surface area contributed by atoms with E-state index in [1.807, 2.05) is 30.3 Å². The van der Waals surface area contributed by atoms with Gasteiger partial charge in [0.25, 0.3) is 0 Å². The first-order chi connectivity index (χ1) is 11.4. The number of carbonyl (C=O) groups excluding carboxylic acids is 2. The van der Waals surface area contributed by atoms with E-state index in [1.54, 1.807) is 6.92 Å². The van der Waals surface area contributed by atoms with Crippen LogP contribution >= 0.6 is 11.8 Å². The van der Waals surface area contributed by atoms with Crippen LogP contribution in [0.4, 0.5) is 0 Å². The summed E-state index contributed by atoms with van der Waals surface area (Å²) in [5.74, 6) is -1.77. The van der Waals surface area contributed by atoms with Crippen molar-refractivity contribution in [2.75, 3.05) is 7.11 Å². The van der Waals surface area contributed by atoms with Crippen LogP contribution in [-0.4, -0.2) is 57.3 Å². The summed E-state index contributed by atoms with van der Waals surface area (Å²) in [6.07, 6.45) is 0.173. The highest BCUT2D eigenvalue weighted by Gasteiger charge is 2.66. The number of carboxylic acids is 1. The number of amides is 2. The molecule has 2 amide bonds. The smallest absolute Gasteiger partial charge is 0.330 e. The first-order valence-corrected chi connectivity index (χ1v) is 8.36. The van der Waals surface area contributed by atoms with Gasteiger partial charge in [0.1, 0.15) is 16.3 Å². The number of benzene rings is 1. The lowest BCUT2D eigenvalue weighted by Crippen LogP contribution is -2.70. The van der Waals surface area contributed by atoms with Crippen molar-refractivity contribution in [3.8, 4) is 0 Å². The Balaban J connectivity index is 1.69. The number of fused-ring (bicyclic) bond motifs is 1. The zero-order valence-corrected chi connectivity index (χ0v) is 14.1. The predicted octanol–water partition coefficient (Wildman–Crippen LogP) is 0.445. The van der Waals surface area contributed by atoms with Gasteiger partial charge in [0, 0.05) is 7.11 Å². The number of nitrogens with one attached hydrogen (secondary N) is 1. The van der Waals surface area contributed by atoms with Crippen LogP contribution in [0.2, 0.25) is 0 Å². The molecule has 0 saturated carbocycles. The van der Waals surface area contributed by atoms with E-state index in [0.717, 1.165) is 5.56 Å². The molecule has 0 bridgehead atoms. The van der Waals surface area contributed by atoms with Crippen LogP contribution in [0.25, 0.3) is 0 Å². The largest absolute Gasteiger partial charge is 0.480 e. The van der Waals surface area contributed by atoms with Crippen LogP contribution in [0.5, 0.6) is 0 Å². The van der Waals surface area contributed by atoms with E-state index in [9.17, 15) is 19.5 Å². The molecule has 8 heteroatoms. The van der Waals surface area contributed by atoms with Gasteiger partial charge in [0.15, 0.2) is 6.04 Å². The van der Waals surface area contributed by atoms with E-state index in [1.165, 1.54) is 23.8 Å². The molecule has 2 aliphatic heterocycles. The number of methoxy groups -OCH3 is 1. The Labute approximate surface area is 143 Å². The average Bonchev–Trinajstić information content (AvgIpc) is 2.84. The second-order valence-corrected chi connectivity index (χ2v) is 7.45. The van der Waals surface area contributed by atoms with Gasteiger partial charge in [-0.05, 0) is 12.5 Å².